The Balaban J connectivity index is 2.15. The fourth-order valence-electron chi connectivity index (χ4n) is 11.1. The molecule has 1 aliphatic rings. The Kier molecular flexibility index (Phi) is 60.4. The molecule has 1 rings (SSSR count). The van der Waals surface area contributed by atoms with Gasteiger partial charge in [0.1, 0.15) is 24.4 Å². The zero-order valence-electron chi connectivity index (χ0n) is 55.1. The number of unbranched alkanes of at least 4 members (excludes halogenated alkanes) is 38. The average molecular weight is 1190 g/mol. The molecule has 0 bridgehead atoms. The molecule has 1 amide bonds. The Bertz CT molecular complexity index is 1670. The molecule has 6 N–H and O–H groups in total. The summed E-state index contributed by atoms with van der Waals surface area (Å²) in [5.74, 6) is -0.187. The highest BCUT2D eigenvalue weighted by atomic mass is 16.7. The minimum absolute atomic E-state index is 0.187. The Hall–Kier alpha value is -2.89. The lowest BCUT2D eigenvalue weighted by Gasteiger charge is -2.40. The van der Waals surface area contributed by atoms with E-state index < -0.39 is 49.5 Å². The van der Waals surface area contributed by atoms with E-state index >= 15 is 0 Å². The number of amides is 1. The second-order valence-electron chi connectivity index (χ2n) is 24.6. The molecule has 0 aromatic rings. The van der Waals surface area contributed by atoms with Crippen LogP contribution < -0.4 is 5.32 Å². The highest BCUT2D eigenvalue weighted by Gasteiger charge is 2.44. The van der Waals surface area contributed by atoms with Crippen molar-refractivity contribution < 1.29 is 39.8 Å². The van der Waals surface area contributed by atoms with Gasteiger partial charge in [0, 0.05) is 6.42 Å². The number of carbonyl (C=O) groups excluding carboxylic acids is 1. The summed E-state index contributed by atoms with van der Waals surface area (Å²) in [6.07, 6.45) is 86.6. The van der Waals surface area contributed by atoms with Gasteiger partial charge in [-0.15, -0.1) is 0 Å². The molecule has 9 heteroatoms. The smallest absolute Gasteiger partial charge is 0.220 e. The van der Waals surface area contributed by atoms with Gasteiger partial charge in [0.05, 0.1) is 25.4 Å². The van der Waals surface area contributed by atoms with Gasteiger partial charge in [-0.25, -0.2) is 0 Å². The fourth-order valence-corrected chi connectivity index (χ4v) is 11.1. The molecule has 0 spiro atoms. The summed E-state index contributed by atoms with van der Waals surface area (Å²) in [5, 5.41) is 54.8. The first-order valence-corrected chi connectivity index (χ1v) is 36.0. The quantitative estimate of drug-likeness (QED) is 0.0261. The van der Waals surface area contributed by atoms with E-state index in [2.05, 4.69) is 104 Å². The lowest BCUT2D eigenvalue weighted by Crippen LogP contribution is -2.60. The highest BCUT2D eigenvalue weighted by molar-refractivity contribution is 5.76. The van der Waals surface area contributed by atoms with Crippen molar-refractivity contribution in [2.75, 3.05) is 13.2 Å². The molecule has 1 saturated heterocycles. The van der Waals surface area contributed by atoms with Gasteiger partial charge in [-0.3, -0.25) is 4.79 Å². The lowest BCUT2D eigenvalue weighted by atomic mass is 9.99. The molecule has 492 valence electrons. The van der Waals surface area contributed by atoms with Gasteiger partial charge in [0.15, 0.2) is 6.29 Å². The first-order chi connectivity index (χ1) is 41.8. The van der Waals surface area contributed by atoms with Crippen LogP contribution in [0.1, 0.15) is 322 Å². The van der Waals surface area contributed by atoms with Crippen molar-refractivity contribution in [2.24, 2.45) is 0 Å². The van der Waals surface area contributed by atoms with Crippen LogP contribution in [0.4, 0.5) is 0 Å². The topological polar surface area (TPSA) is 149 Å². The van der Waals surface area contributed by atoms with Crippen molar-refractivity contribution in [1.82, 2.24) is 5.32 Å². The molecule has 85 heavy (non-hydrogen) atoms. The number of hydrogen-bond acceptors (Lipinski definition) is 8. The lowest BCUT2D eigenvalue weighted by molar-refractivity contribution is -0.302. The van der Waals surface area contributed by atoms with E-state index in [1.165, 1.54) is 225 Å². The molecule has 1 aliphatic heterocycles. The van der Waals surface area contributed by atoms with Crippen LogP contribution in [-0.4, -0.2) is 87.5 Å². The number of ether oxygens (including phenoxy) is 2. The molecule has 0 aromatic carbocycles. The number of aliphatic hydroxyl groups is 5. The largest absolute Gasteiger partial charge is 0.394 e. The van der Waals surface area contributed by atoms with E-state index in [1.54, 1.807) is 6.08 Å². The molecule has 1 fully saturated rings. The predicted molar refractivity (Wildman–Crippen MR) is 364 cm³/mol. The standard InChI is InChI=1S/C76H135NO8/c1-3-5-7-9-11-13-15-17-19-21-23-25-27-29-31-33-34-35-36-38-40-42-44-46-48-50-52-54-56-58-60-62-64-66-72(80)77-69(68-84-76-75(83)74(82)73(81)71(67-78)85-76)70(79)65-63-61-59-57-55-53-51-49-47-45-43-41-39-37-32-30-28-26-24-22-20-18-16-14-12-10-8-6-4-2/h5,7,11,13,17,19,23,25,29,31,34-35,55,57,63,65,69-71,73-76,78-79,81-83H,3-4,6,8-10,12,14-16,18,20-22,24,26-28,30,32-33,36-54,56,58-62,64,66-68H2,1-2H3,(H,77,80)/b7-5-,13-11-,19-17-,25-23-,31-29-,35-34-,57-55+,65-63+. The molecule has 1 heterocycles. The molecule has 7 unspecified atom stereocenters. The Morgan fingerprint density at radius 1 is 0.412 bits per heavy atom. The van der Waals surface area contributed by atoms with E-state index in [0.717, 1.165) is 77.0 Å². The molecule has 0 aliphatic carbocycles. The van der Waals surface area contributed by atoms with Gasteiger partial charge in [0.25, 0.3) is 0 Å². The van der Waals surface area contributed by atoms with E-state index in [9.17, 15) is 30.3 Å². The number of hydrogen-bond donors (Lipinski definition) is 6. The van der Waals surface area contributed by atoms with E-state index in [-0.39, 0.29) is 12.5 Å². The van der Waals surface area contributed by atoms with Gasteiger partial charge in [-0.1, -0.05) is 329 Å². The predicted octanol–water partition coefficient (Wildman–Crippen LogP) is 19.9. The second-order valence-corrected chi connectivity index (χ2v) is 24.6. The van der Waals surface area contributed by atoms with Gasteiger partial charge in [-0.05, 0) is 83.5 Å². The monoisotopic (exact) mass is 1190 g/mol. The number of allylic oxidation sites excluding steroid dienone is 15. The zero-order chi connectivity index (χ0) is 61.4. The van der Waals surface area contributed by atoms with Crippen LogP contribution >= 0.6 is 0 Å². The number of nitrogens with one attached hydrogen (secondary N) is 1. The molecule has 0 saturated carbocycles. The van der Waals surface area contributed by atoms with Gasteiger partial charge < -0.3 is 40.3 Å². The van der Waals surface area contributed by atoms with Crippen LogP contribution in [0.25, 0.3) is 0 Å². The van der Waals surface area contributed by atoms with Gasteiger partial charge in [-0.2, -0.15) is 0 Å². The second kappa shape index (κ2) is 64.1. The minimum Gasteiger partial charge on any atom is -0.394 e. The van der Waals surface area contributed by atoms with Crippen molar-refractivity contribution in [3.63, 3.8) is 0 Å². The van der Waals surface area contributed by atoms with Crippen molar-refractivity contribution >= 4 is 5.91 Å². The Morgan fingerprint density at radius 3 is 1.13 bits per heavy atom. The molecular formula is C76H135NO8. The molecule has 9 nitrogen and oxygen atoms in total. The minimum atomic E-state index is -1.58. The first kappa shape index (κ1) is 80.1. The third-order valence-electron chi connectivity index (χ3n) is 16.6. The van der Waals surface area contributed by atoms with Crippen LogP contribution in [0, 0.1) is 0 Å². The maximum absolute atomic E-state index is 13.1. The normalized spacial score (nSPS) is 18.7. The van der Waals surface area contributed by atoms with Gasteiger partial charge in [0.2, 0.25) is 5.91 Å². The molecule has 0 aromatic heterocycles. The molecule has 7 atom stereocenters. The number of rotatable bonds is 62. The summed E-state index contributed by atoms with van der Waals surface area (Å²) in [4.78, 5) is 13.1. The van der Waals surface area contributed by atoms with Crippen molar-refractivity contribution in [1.29, 1.82) is 0 Å². The first-order valence-electron chi connectivity index (χ1n) is 36.0. The summed E-state index contributed by atoms with van der Waals surface area (Å²) >= 11 is 0. The summed E-state index contributed by atoms with van der Waals surface area (Å²) in [6, 6.07) is -0.829. The maximum Gasteiger partial charge on any atom is 0.220 e. The summed E-state index contributed by atoms with van der Waals surface area (Å²) in [6.45, 7) is 3.68. The van der Waals surface area contributed by atoms with E-state index in [0.29, 0.717) is 6.42 Å². The SMILES string of the molecule is CC/C=C\C/C=C\C/C=C\C/C=C\C/C=C\C/C=C\CCCCCCCCCCCCCCCCC(=O)NC(COC1OC(CO)C(O)C(O)C1O)C(O)/C=C/CC/C=C/CCCCCCCCCCCCCCCCCCCCCCCCC. The van der Waals surface area contributed by atoms with Crippen molar-refractivity contribution in [2.45, 2.75) is 365 Å². The van der Waals surface area contributed by atoms with E-state index in [1.807, 2.05) is 6.08 Å². The third-order valence-corrected chi connectivity index (χ3v) is 16.6. The molecular weight excluding hydrogens is 1050 g/mol. The highest BCUT2D eigenvalue weighted by Crippen LogP contribution is 2.23. The van der Waals surface area contributed by atoms with Crippen LogP contribution in [0.15, 0.2) is 97.2 Å². The summed E-state index contributed by atoms with van der Waals surface area (Å²) in [5.41, 5.74) is 0. The zero-order valence-corrected chi connectivity index (χ0v) is 55.1. The van der Waals surface area contributed by atoms with Crippen LogP contribution in [0.2, 0.25) is 0 Å². The summed E-state index contributed by atoms with van der Waals surface area (Å²) in [7, 11) is 0. The maximum atomic E-state index is 13.1. The van der Waals surface area contributed by atoms with E-state index in [4.69, 9.17) is 9.47 Å². The Morgan fingerprint density at radius 2 is 0.741 bits per heavy atom. The molecule has 0 radical (unpaired) electrons. The average Bonchev–Trinajstić information content (AvgIpc) is 3.68. The van der Waals surface area contributed by atoms with Gasteiger partial charge >= 0.3 is 0 Å². The Labute approximate surface area is 523 Å². The van der Waals surface area contributed by atoms with Crippen LogP contribution in [0.5, 0.6) is 0 Å². The van der Waals surface area contributed by atoms with Crippen LogP contribution in [0.3, 0.4) is 0 Å². The third kappa shape index (κ3) is 52.7. The van der Waals surface area contributed by atoms with Crippen LogP contribution in [-0.2, 0) is 14.3 Å². The van der Waals surface area contributed by atoms with Crippen molar-refractivity contribution in [3.05, 3.63) is 97.2 Å². The fraction of sp³-hybridized carbons (Fsp3) is 0.776. The van der Waals surface area contributed by atoms with Crippen molar-refractivity contribution in [3.8, 4) is 0 Å². The number of carbonyl (C=O) groups is 1. The summed E-state index contributed by atoms with van der Waals surface area (Å²) < 4.78 is 11.3. The number of aliphatic hydroxyl groups excluding tert-OH is 5.